The maximum absolute atomic E-state index is 12.3. The first-order chi connectivity index (χ1) is 13.0. The van der Waals surface area contributed by atoms with Crippen LogP contribution < -0.4 is 5.32 Å². The Morgan fingerprint density at radius 1 is 1.32 bits per heavy atom. The van der Waals surface area contributed by atoms with Gasteiger partial charge in [0, 0.05) is 47.7 Å². The van der Waals surface area contributed by atoms with Crippen molar-refractivity contribution in [2.24, 2.45) is 0 Å². The number of nitrogens with one attached hydrogen (secondary N) is 1. The fraction of sp³-hybridized carbons (Fsp3) is 0.450. The predicted molar refractivity (Wildman–Crippen MR) is 115 cm³/mol. The number of non-ortho nitro benzene ring substituents is 1. The van der Waals surface area contributed by atoms with Gasteiger partial charge in [-0.05, 0) is 48.9 Å². The number of benzene rings is 1. The zero-order chi connectivity index (χ0) is 19.4. The first-order valence-electron chi connectivity index (χ1n) is 9.36. The number of nitro benzene ring substituents is 1. The summed E-state index contributed by atoms with van der Waals surface area (Å²) < 4.78 is 0. The zero-order valence-corrected chi connectivity index (χ0v) is 17.7. The topological polar surface area (TPSA) is 75.5 Å². The lowest BCUT2D eigenvalue weighted by molar-refractivity contribution is -0.384. The molecule has 2 heterocycles. The molecule has 1 aromatic heterocycles. The van der Waals surface area contributed by atoms with E-state index in [1.165, 1.54) is 34.7 Å². The quantitative estimate of drug-likeness (QED) is 0.521. The van der Waals surface area contributed by atoms with Gasteiger partial charge in [-0.15, -0.1) is 23.7 Å². The summed E-state index contributed by atoms with van der Waals surface area (Å²) >= 11 is 1.81. The van der Waals surface area contributed by atoms with Gasteiger partial charge in [-0.25, -0.2) is 0 Å². The van der Waals surface area contributed by atoms with E-state index in [9.17, 15) is 14.9 Å². The smallest absolute Gasteiger partial charge is 0.269 e. The second kappa shape index (κ2) is 10.0. The highest BCUT2D eigenvalue weighted by Gasteiger charge is 2.31. The third kappa shape index (κ3) is 4.90. The Morgan fingerprint density at radius 2 is 2.04 bits per heavy atom. The molecular formula is C20H26ClN3O3S. The van der Waals surface area contributed by atoms with Crippen molar-refractivity contribution in [2.75, 3.05) is 13.1 Å². The molecule has 2 aromatic rings. The van der Waals surface area contributed by atoms with Gasteiger partial charge < -0.3 is 5.32 Å². The molecule has 6 nitrogen and oxygen atoms in total. The monoisotopic (exact) mass is 423 g/mol. The normalized spacial score (nSPS) is 18.8. The van der Waals surface area contributed by atoms with Crippen LogP contribution in [0.3, 0.4) is 0 Å². The van der Waals surface area contributed by atoms with Gasteiger partial charge in [-0.2, -0.15) is 0 Å². The van der Waals surface area contributed by atoms with Crippen LogP contribution in [-0.2, 0) is 6.42 Å². The third-order valence-corrected chi connectivity index (χ3v) is 6.33. The first-order valence-corrected chi connectivity index (χ1v) is 10.2. The van der Waals surface area contributed by atoms with E-state index >= 15 is 0 Å². The third-order valence-electron chi connectivity index (χ3n) is 5.20. The summed E-state index contributed by atoms with van der Waals surface area (Å²) in [6.45, 7) is 5.81. The lowest BCUT2D eigenvalue weighted by Gasteiger charge is -2.40. The van der Waals surface area contributed by atoms with E-state index in [2.05, 4.69) is 35.5 Å². The minimum Gasteiger partial charge on any atom is -0.351 e. The second-order valence-corrected chi connectivity index (χ2v) is 7.88. The van der Waals surface area contributed by atoms with Crippen molar-refractivity contribution in [2.45, 2.75) is 45.2 Å². The van der Waals surface area contributed by atoms with E-state index in [0.29, 0.717) is 24.2 Å². The van der Waals surface area contributed by atoms with Crippen molar-refractivity contribution in [3.05, 3.63) is 61.8 Å². The average molecular weight is 424 g/mol. The van der Waals surface area contributed by atoms with Crippen molar-refractivity contribution in [1.82, 2.24) is 10.2 Å². The molecule has 152 valence electrons. The molecule has 0 spiro atoms. The summed E-state index contributed by atoms with van der Waals surface area (Å²) in [6, 6.07) is 8.82. The fourth-order valence-corrected chi connectivity index (χ4v) is 4.85. The molecule has 1 aliphatic heterocycles. The Balaban J connectivity index is 0.00000280. The second-order valence-electron chi connectivity index (χ2n) is 6.93. The van der Waals surface area contributed by atoms with Crippen molar-refractivity contribution in [1.29, 1.82) is 0 Å². The van der Waals surface area contributed by atoms with E-state index in [1.54, 1.807) is 0 Å². The van der Waals surface area contributed by atoms with Crippen molar-refractivity contribution < 1.29 is 9.72 Å². The van der Waals surface area contributed by atoms with Crippen LogP contribution in [0.1, 0.15) is 53.5 Å². The number of amides is 1. The largest absolute Gasteiger partial charge is 0.351 e. The number of nitrogens with zero attached hydrogens (tertiary/aromatic N) is 2. The molecule has 0 saturated heterocycles. The minimum absolute atomic E-state index is 0. The van der Waals surface area contributed by atoms with Crippen molar-refractivity contribution in [3.63, 3.8) is 0 Å². The van der Waals surface area contributed by atoms with Crippen LogP contribution in [0, 0.1) is 10.1 Å². The summed E-state index contributed by atoms with van der Waals surface area (Å²) in [6.07, 6.45) is 3.37. The van der Waals surface area contributed by atoms with Gasteiger partial charge in [0.1, 0.15) is 0 Å². The van der Waals surface area contributed by atoms with Crippen LogP contribution >= 0.6 is 23.7 Å². The average Bonchev–Trinajstić information content (AvgIpc) is 3.13. The molecule has 0 aliphatic carbocycles. The van der Waals surface area contributed by atoms with Gasteiger partial charge in [-0.1, -0.05) is 13.3 Å². The Labute approximate surface area is 175 Å². The van der Waals surface area contributed by atoms with Crippen molar-refractivity contribution in [3.8, 4) is 0 Å². The van der Waals surface area contributed by atoms with Crippen molar-refractivity contribution >= 4 is 35.3 Å². The zero-order valence-electron chi connectivity index (χ0n) is 16.1. The Bertz CT molecular complexity index is 809. The van der Waals surface area contributed by atoms with Gasteiger partial charge >= 0.3 is 0 Å². The lowest BCUT2D eigenvalue weighted by Crippen LogP contribution is -2.45. The minimum atomic E-state index is -0.466. The van der Waals surface area contributed by atoms with E-state index in [1.807, 2.05) is 11.3 Å². The van der Waals surface area contributed by atoms with Gasteiger partial charge in [0.05, 0.1) is 4.92 Å². The summed E-state index contributed by atoms with van der Waals surface area (Å²) in [4.78, 5) is 26.5. The summed E-state index contributed by atoms with van der Waals surface area (Å²) in [5, 5.41) is 15.8. The van der Waals surface area contributed by atoms with Crippen LogP contribution in [0.15, 0.2) is 35.7 Å². The molecule has 0 radical (unpaired) electrons. The molecule has 0 saturated carbocycles. The molecule has 8 heteroatoms. The van der Waals surface area contributed by atoms with E-state index in [4.69, 9.17) is 0 Å². The van der Waals surface area contributed by atoms with Crippen LogP contribution in [0.25, 0.3) is 0 Å². The molecule has 0 bridgehead atoms. The van der Waals surface area contributed by atoms with Gasteiger partial charge in [0.15, 0.2) is 0 Å². The molecule has 2 unspecified atom stereocenters. The first kappa shape index (κ1) is 22.3. The number of halogens is 1. The van der Waals surface area contributed by atoms with Gasteiger partial charge in [-0.3, -0.25) is 19.8 Å². The number of thiophene rings is 1. The molecule has 1 N–H and O–H groups in total. The molecule has 2 atom stereocenters. The van der Waals surface area contributed by atoms with Crippen LogP contribution in [0.5, 0.6) is 0 Å². The fourth-order valence-electron chi connectivity index (χ4n) is 3.83. The Hall–Kier alpha value is -1.96. The Kier molecular flexibility index (Phi) is 7.98. The maximum atomic E-state index is 12.3. The number of carbonyl (C=O) groups excluding carboxylic acids is 1. The van der Waals surface area contributed by atoms with Gasteiger partial charge in [0.2, 0.25) is 0 Å². The molecular weight excluding hydrogens is 398 g/mol. The number of rotatable bonds is 7. The van der Waals surface area contributed by atoms with E-state index in [0.717, 1.165) is 25.8 Å². The lowest BCUT2D eigenvalue weighted by atomic mass is 9.93. The highest BCUT2D eigenvalue weighted by atomic mass is 35.5. The molecule has 0 fully saturated rings. The number of hydrogen-bond acceptors (Lipinski definition) is 5. The molecule has 1 aromatic carbocycles. The van der Waals surface area contributed by atoms with Crippen LogP contribution in [0.2, 0.25) is 0 Å². The molecule has 28 heavy (non-hydrogen) atoms. The summed E-state index contributed by atoms with van der Waals surface area (Å²) in [5.74, 6) is -0.196. The predicted octanol–water partition coefficient (Wildman–Crippen LogP) is 4.60. The molecule has 3 rings (SSSR count). The number of nitro groups is 1. The highest BCUT2D eigenvalue weighted by Crippen LogP contribution is 2.37. The SMILES string of the molecule is CCCC1Cc2ccsc2C(C)N1CCNC(=O)c1ccc([N+](=O)[O-])cc1.Cl. The number of hydrogen-bond donors (Lipinski definition) is 1. The number of carbonyl (C=O) groups is 1. The van der Waals surface area contributed by atoms with Crippen LogP contribution in [-0.4, -0.2) is 34.9 Å². The summed E-state index contributed by atoms with van der Waals surface area (Å²) in [5.41, 5.74) is 1.90. The highest BCUT2D eigenvalue weighted by molar-refractivity contribution is 7.10. The maximum Gasteiger partial charge on any atom is 0.269 e. The van der Waals surface area contributed by atoms with Gasteiger partial charge in [0.25, 0.3) is 11.6 Å². The standard InChI is InChI=1S/C20H25N3O3S.ClH/c1-3-4-18-13-16-9-12-27-19(16)14(2)22(18)11-10-21-20(24)15-5-7-17(8-6-15)23(25)26;/h5-9,12,14,18H,3-4,10-11,13H2,1-2H3,(H,21,24);1H. The summed E-state index contributed by atoms with van der Waals surface area (Å²) in [7, 11) is 0. The molecule has 1 aliphatic rings. The van der Waals surface area contributed by atoms with E-state index < -0.39 is 4.92 Å². The van der Waals surface area contributed by atoms with Crippen LogP contribution in [0.4, 0.5) is 5.69 Å². The van der Waals surface area contributed by atoms with E-state index in [-0.39, 0.29) is 24.0 Å². The number of fused-ring (bicyclic) bond motifs is 1. The molecule has 1 amide bonds. The Morgan fingerprint density at radius 3 is 2.68 bits per heavy atom.